The molecule has 1 aromatic rings. The summed E-state index contributed by atoms with van der Waals surface area (Å²) < 4.78 is 38.4. The monoisotopic (exact) mass is 272 g/mol. The maximum absolute atomic E-state index is 11.7. The Morgan fingerprint density at radius 2 is 2.07 bits per heavy atom. The molecule has 0 aliphatic rings. The highest BCUT2D eigenvalue weighted by Gasteiger charge is 2.32. The predicted octanol–water partition coefficient (Wildman–Crippen LogP) is 1.62. The van der Waals surface area contributed by atoms with Crippen LogP contribution in [0.3, 0.4) is 0 Å². The van der Waals surface area contributed by atoms with Crippen molar-refractivity contribution in [3.05, 3.63) is 20.9 Å². The first kappa shape index (κ1) is 10.9. The van der Waals surface area contributed by atoms with Gasteiger partial charge >= 0.3 is 6.36 Å². The van der Waals surface area contributed by atoms with Crippen LogP contribution in [0.1, 0.15) is 0 Å². The number of aromatic nitrogens is 1. The van der Waals surface area contributed by atoms with E-state index < -0.39 is 17.5 Å². The number of hydrogen-bond acceptors (Lipinski definition) is 3. The molecule has 0 aromatic carbocycles. The molecule has 0 unspecified atom stereocenters. The molecule has 4 nitrogen and oxygen atoms in total. The smallest absolute Gasteiger partial charge is 0.400 e. The first-order chi connectivity index (χ1) is 6.31. The highest BCUT2D eigenvalue weighted by Crippen LogP contribution is 2.21. The van der Waals surface area contributed by atoms with Crippen molar-refractivity contribution in [2.75, 3.05) is 5.73 Å². The van der Waals surface area contributed by atoms with Crippen LogP contribution in [0.15, 0.2) is 15.5 Å². The highest BCUT2D eigenvalue weighted by molar-refractivity contribution is 9.10. The van der Waals surface area contributed by atoms with Crippen molar-refractivity contribution in [1.82, 2.24) is 4.98 Å². The molecule has 3 N–H and O–H groups in total. The van der Waals surface area contributed by atoms with Crippen LogP contribution in [0.5, 0.6) is 5.75 Å². The van der Waals surface area contributed by atoms with Gasteiger partial charge in [-0.25, -0.2) is 0 Å². The number of anilines is 1. The highest BCUT2D eigenvalue weighted by atomic mass is 79.9. The zero-order valence-corrected chi connectivity index (χ0v) is 8.07. The van der Waals surface area contributed by atoms with Crippen LogP contribution < -0.4 is 15.9 Å². The number of rotatable bonds is 1. The Kier molecular flexibility index (Phi) is 2.74. The first-order valence-corrected chi connectivity index (χ1v) is 4.03. The van der Waals surface area contributed by atoms with Crippen LogP contribution in [0.4, 0.5) is 19.0 Å². The molecule has 0 saturated heterocycles. The molecule has 14 heavy (non-hydrogen) atoms. The third-order valence-electron chi connectivity index (χ3n) is 1.24. The van der Waals surface area contributed by atoms with Gasteiger partial charge in [-0.3, -0.25) is 4.79 Å². The van der Waals surface area contributed by atoms with E-state index in [0.717, 1.165) is 6.20 Å². The summed E-state index contributed by atoms with van der Waals surface area (Å²) in [6, 6.07) is 0. The maximum atomic E-state index is 11.7. The fourth-order valence-electron chi connectivity index (χ4n) is 0.703. The second kappa shape index (κ2) is 3.52. The molecule has 0 radical (unpaired) electrons. The maximum Gasteiger partial charge on any atom is 0.573 e. The molecule has 0 amide bonds. The largest absolute Gasteiger partial charge is 0.573 e. The number of nitrogens with two attached hydrogens (primary N) is 1. The molecule has 0 bridgehead atoms. The number of pyridine rings is 1. The SMILES string of the molecule is Nc1[nH]cc(OC(F)(F)F)c(=O)c1Br. The Morgan fingerprint density at radius 3 is 2.57 bits per heavy atom. The minimum Gasteiger partial charge on any atom is -0.400 e. The van der Waals surface area contributed by atoms with Crippen molar-refractivity contribution in [2.24, 2.45) is 0 Å². The lowest BCUT2D eigenvalue weighted by atomic mass is 10.4. The summed E-state index contributed by atoms with van der Waals surface area (Å²) in [7, 11) is 0. The van der Waals surface area contributed by atoms with E-state index in [4.69, 9.17) is 5.73 Å². The average Bonchev–Trinajstić information content (AvgIpc) is 2.04. The molecule has 78 valence electrons. The fourth-order valence-corrected chi connectivity index (χ4v) is 1.01. The molecule has 0 atom stereocenters. The van der Waals surface area contributed by atoms with Gasteiger partial charge in [-0.15, -0.1) is 13.2 Å². The summed E-state index contributed by atoms with van der Waals surface area (Å²) in [6.45, 7) is 0. The summed E-state index contributed by atoms with van der Waals surface area (Å²) in [5.41, 5.74) is 4.25. The molecule has 0 aliphatic carbocycles. The quantitative estimate of drug-likeness (QED) is 0.816. The van der Waals surface area contributed by atoms with Crippen molar-refractivity contribution in [3.8, 4) is 5.75 Å². The molecule has 0 saturated carbocycles. The lowest BCUT2D eigenvalue weighted by molar-refractivity contribution is -0.275. The molecule has 8 heteroatoms. The van der Waals surface area contributed by atoms with Crippen LogP contribution >= 0.6 is 15.9 Å². The lowest BCUT2D eigenvalue weighted by Gasteiger charge is -2.08. The molecule has 0 spiro atoms. The summed E-state index contributed by atoms with van der Waals surface area (Å²) >= 11 is 2.72. The fraction of sp³-hybridized carbons (Fsp3) is 0.167. The van der Waals surface area contributed by atoms with Crippen LogP contribution in [0.2, 0.25) is 0 Å². The van der Waals surface area contributed by atoms with E-state index in [1.165, 1.54) is 0 Å². The van der Waals surface area contributed by atoms with E-state index in [0.29, 0.717) is 0 Å². The number of nitrogens with one attached hydrogen (secondary N) is 1. The standard InChI is InChI=1S/C6H4BrF3N2O2/c7-3-4(13)2(1-12-5(3)11)14-6(8,9)10/h1H,(H3,11,12,13). The Morgan fingerprint density at radius 1 is 1.50 bits per heavy atom. The number of alkyl halides is 3. The van der Waals surface area contributed by atoms with Gasteiger partial charge in [0, 0.05) is 6.20 Å². The van der Waals surface area contributed by atoms with E-state index in [2.05, 4.69) is 25.7 Å². The van der Waals surface area contributed by atoms with Crippen LogP contribution in [0, 0.1) is 0 Å². The summed E-state index contributed by atoms with van der Waals surface area (Å²) in [6.07, 6.45) is -4.15. The van der Waals surface area contributed by atoms with Gasteiger partial charge in [0.1, 0.15) is 10.3 Å². The summed E-state index contributed by atoms with van der Waals surface area (Å²) in [4.78, 5) is 13.3. The van der Waals surface area contributed by atoms with Gasteiger partial charge < -0.3 is 15.5 Å². The molecule has 1 rings (SSSR count). The average molecular weight is 273 g/mol. The van der Waals surface area contributed by atoms with Gasteiger partial charge in [0.25, 0.3) is 0 Å². The van der Waals surface area contributed by atoms with E-state index in [1.54, 1.807) is 0 Å². The van der Waals surface area contributed by atoms with Crippen molar-refractivity contribution < 1.29 is 17.9 Å². The zero-order chi connectivity index (χ0) is 10.9. The third kappa shape index (κ3) is 2.41. The first-order valence-electron chi connectivity index (χ1n) is 3.23. The normalized spacial score (nSPS) is 11.4. The van der Waals surface area contributed by atoms with E-state index in [9.17, 15) is 18.0 Å². The second-order valence-corrected chi connectivity index (χ2v) is 3.05. The van der Waals surface area contributed by atoms with Gasteiger partial charge in [-0.2, -0.15) is 0 Å². The van der Waals surface area contributed by atoms with Crippen molar-refractivity contribution in [3.63, 3.8) is 0 Å². The predicted molar refractivity (Wildman–Crippen MR) is 45.9 cm³/mol. The van der Waals surface area contributed by atoms with Crippen LogP contribution in [0.25, 0.3) is 0 Å². The topological polar surface area (TPSA) is 68.1 Å². The second-order valence-electron chi connectivity index (χ2n) is 2.26. The van der Waals surface area contributed by atoms with Gasteiger partial charge in [-0.05, 0) is 15.9 Å². The minimum atomic E-state index is -4.90. The Balaban J connectivity index is 3.13. The van der Waals surface area contributed by atoms with Gasteiger partial charge in [0.15, 0.2) is 5.75 Å². The van der Waals surface area contributed by atoms with Gasteiger partial charge in [0.2, 0.25) is 5.43 Å². The Bertz CT molecular complexity index is 401. The van der Waals surface area contributed by atoms with Crippen molar-refractivity contribution in [2.45, 2.75) is 6.36 Å². The van der Waals surface area contributed by atoms with Crippen LogP contribution in [-0.2, 0) is 0 Å². The number of nitrogen functional groups attached to an aromatic ring is 1. The number of ether oxygens (including phenoxy) is 1. The Hall–Kier alpha value is -1.18. The van der Waals surface area contributed by atoms with E-state index in [-0.39, 0.29) is 10.3 Å². The van der Waals surface area contributed by atoms with E-state index >= 15 is 0 Å². The molecule has 1 heterocycles. The van der Waals surface area contributed by atoms with Crippen molar-refractivity contribution >= 4 is 21.7 Å². The van der Waals surface area contributed by atoms with Crippen molar-refractivity contribution in [1.29, 1.82) is 0 Å². The molecule has 0 aliphatic heterocycles. The zero-order valence-electron chi connectivity index (χ0n) is 6.48. The number of aromatic amines is 1. The summed E-state index contributed by atoms with van der Waals surface area (Å²) in [5, 5.41) is 0. The van der Waals surface area contributed by atoms with E-state index in [1.807, 2.05) is 0 Å². The molecular formula is C6H4BrF3N2O2. The Labute approximate surface area is 84.0 Å². The van der Waals surface area contributed by atoms with Gasteiger partial charge in [-0.1, -0.05) is 0 Å². The lowest BCUT2D eigenvalue weighted by Crippen LogP contribution is -2.22. The van der Waals surface area contributed by atoms with Crippen LogP contribution in [-0.4, -0.2) is 11.3 Å². The third-order valence-corrected chi connectivity index (χ3v) is 2.03. The number of hydrogen-bond donors (Lipinski definition) is 2. The summed E-state index contributed by atoms with van der Waals surface area (Å²) in [5.74, 6) is -0.928. The van der Waals surface area contributed by atoms with Gasteiger partial charge in [0.05, 0.1) is 0 Å². The molecule has 0 fully saturated rings. The minimum absolute atomic E-state index is 0.0653. The molecule has 1 aromatic heterocycles. The number of halogens is 4. The molecular weight excluding hydrogens is 269 g/mol. The number of H-pyrrole nitrogens is 1.